The predicted octanol–water partition coefficient (Wildman–Crippen LogP) is 2.00. The molecule has 5 nitrogen and oxygen atoms in total. The fourth-order valence-electron chi connectivity index (χ4n) is 2.73. The summed E-state index contributed by atoms with van der Waals surface area (Å²) in [5, 5.41) is 9.16. The number of hydrogen-bond acceptors (Lipinski definition) is 4. The average Bonchev–Trinajstić information content (AvgIpc) is 2.48. The first kappa shape index (κ1) is 16.3. The Kier molecular flexibility index (Phi) is 4.91. The van der Waals surface area contributed by atoms with Crippen LogP contribution in [0.2, 0.25) is 0 Å². The van der Waals surface area contributed by atoms with E-state index in [4.69, 9.17) is 9.84 Å². The molecule has 6 heteroatoms. The normalized spacial score (nSPS) is 24.0. The van der Waals surface area contributed by atoms with Crippen LogP contribution in [0.5, 0.6) is 5.75 Å². The zero-order valence-electron chi connectivity index (χ0n) is 12.7. The highest BCUT2D eigenvalue weighted by molar-refractivity contribution is 7.89. The highest BCUT2D eigenvalue weighted by Crippen LogP contribution is 2.32. The van der Waals surface area contributed by atoms with Gasteiger partial charge in [0.1, 0.15) is 10.6 Å². The van der Waals surface area contributed by atoms with E-state index < -0.39 is 10.0 Å². The molecule has 0 bridgehead atoms. The summed E-state index contributed by atoms with van der Waals surface area (Å²) < 4.78 is 32.6. The molecule has 2 rings (SSSR count). The lowest BCUT2D eigenvalue weighted by Crippen LogP contribution is -2.44. The number of ether oxygens (including phenoxy) is 1. The number of sulfonamides is 1. The Morgan fingerprint density at radius 1 is 1.33 bits per heavy atom. The molecule has 118 valence electrons. The van der Waals surface area contributed by atoms with Crippen LogP contribution in [0, 0.1) is 5.92 Å². The van der Waals surface area contributed by atoms with Crippen molar-refractivity contribution in [2.24, 2.45) is 5.92 Å². The molecular weight excluding hydrogens is 290 g/mol. The fraction of sp³-hybridized carbons (Fsp3) is 0.600. The molecule has 21 heavy (non-hydrogen) atoms. The molecule has 1 aromatic carbocycles. The van der Waals surface area contributed by atoms with Gasteiger partial charge in [0, 0.05) is 12.6 Å². The number of methoxy groups -OCH3 is 1. The lowest BCUT2D eigenvalue weighted by Gasteiger charge is -2.35. The first-order valence-corrected chi connectivity index (χ1v) is 8.63. The second-order valence-electron chi connectivity index (χ2n) is 5.75. The monoisotopic (exact) mass is 313 g/mol. The minimum atomic E-state index is -3.59. The van der Waals surface area contributed by atoms with Gasteiger partial charge in [0.25, 0.3) is 0 Å². The summed E-state index contributed by atoms with van der Waals surface area (Å²) in [5.41, 5.74) is 0.630. The Bertz CT molecular complexity index is 600. The largest absolute Gasteiger partial charge is 0.495 e. The van der Waals surface area contributed by atoms with Crippen LogP contribution in [-0.2, 0) is 16.6 Å². The van der Waals surface area contributed by atoms with Gasteiger partial charge in [0.05, 0.1) is 13.7 Å². The zero-order valence-corrected chi connectivity index (χ0v) is 13.6. The van der Waals surface area contributed by atoms with Gasteiger partial charge in [0.2, 0.25) is 10.0 Å². The smallest absolute Gasteiger partial charge is 0.247 e. The number of aliphatic hydroxyl groups excluding tert-OH is 1. The molecule has 1 aromatic rings. The number of nitrogens with zero attached hydrogens (tertiary/aromatic N) is 1. The lowest BCUT2D eigenvalue weighted by atomic mass is 9.97. The molecule has 0 radical (unpaired) electrons. The summed E-state index contributed by atoms with van der Waals surface area (Å²) in [7, 11) is -2.14. The van der Waals surface area contributed by atoms with Crippen molar-refractivity contribution in [2.45, 2.75) is 44.2 Å². The van der Waals surface area contributed by atoms with Gasteiger partial charge in [-0.15, -0.1) is 0 Å². The molecule has 1 N–H and O–H groups in total. The summed E-state index contributed by atoms with van der Waals surface area (Å²) in [6.45, 7) is 4.40. The summed E-state index contributed by atoms with van der Waals surface area (Å²) in [4.78, 5) is 0.170. The SMILES string of the molecule is COc1cc(CO)ccc1S(=O)(=O)N1CC(C)CCC1C. The molecule has 0 spiro atoms. The molecule has 2 atom stereocenters. The third-order valence-electron chi connectivity index (χ3n) is 4.06. The van der Waals surface area contributed by atoms with Crippen molar-refractivity contribution in [2.75, 3.05) is 13.7 Å². The molecule has 1 heterocycles. The second kappa shape index (κ2) is 6.34. The summed E-state index contributed by atoms with van der Waals surface area (Å²) in [5.74, 6) is 0.644. The Morgan fingerprint density at radius 3 is 2.67 bits per heavy atom. The van der Waals surface area contributed by atoms with Crippen molar-refractivity contribution in [1.29, 1.82) is 0 Å². The highest BCUT2D eigenvalue weighted by atomic mass is 32.2. The van der Waals surface area contributed by atoms with Crippen molar-refractivity contribution in [1.82, 2.24) is 4.31 Å². The summed E-state index contributed by atoms with van der Waals surface area (Å²) in [6.07, 6.45) is 1.92. The molecule has 1 aliphatic rings. The average molecular weight is 313 g/mol. The van der Waals surface area contributed by atoms with Crippen molar-refractivity contribution in [3.8, 4) is 5.75 Å². The first-order chi connectivity index (χ1) is 9.90. The van der Waals surface area contributed by atoms with Crippen LogP contribution < -0.4 is 4.74 Å². The van der Waals surface area contributed by atoms with E-state index in [0.29, 0.717) is 18.0 Å². The van der Waals surface area contributed by atoms with Crippen molar-refractivity contribution in [3.63, 3.8) is 0 Å². The third kappa shape index (κ3) is 3.22. The van der Waals surface area contributed by atoms with Gasteiger partial charge < -0.3 is 9.84 Å². The lowest BCUT2D eigenvalue weighted by molar-refractivity contribution is 0.217. The fourth-order valence-corrected chi connectivity index (χ4v) is 4.65. The van der Waals surface area contributed by atoms with Crippen LogP contribution in [0.25, 0.3) is 0 Å². The van der Waals surface area contributed by atoms with E-state index in [0.717, 1.165) is 12.8 Å². The number of aliphatic hydroxyl groups is 1. The number of rotatable bonds is 4. The maximum atomic E-state index is 12.9. The first-order valence-electron chi connectivity index (χ1n) is 7.19. The van der Waals surface area contributed by atoms with Gasteiger partial charge in [-0.1, -0.05) is 13.0 Å². The zero-order chi connectivity index (χ0) is 15.6. The number of piperidine rings is 1. The Morgan fingerprint density at radius 2 is 2.05 bits per heavy atom. The quantitative estimate of drug-likeness (QED) is 0.923. The second-order valence-corrected chi connectivity index (χ2v) is 7.61. The van der Waals surface area contributed by atoms with Crippen LogP contribution in [-0.4, -0.2) is 37.5 Å². The summed E-state index contributed by atoms with van der Waals surface area (Å²) >= 11 is 0. The van der Waals surface area contributed by atoms with E-state index in [2.05, 4.69) is 6.92 Å². The Balaban J connectivity index is 2.43. The number of hydrogen-bond donors (Lipinski definition) is 1. The van der Waals surface area contributed by atoms with Gasteiger partial charge in [-0.05, 0) is 43.4 Å². The molecule has 0 aliphatic carbocycles. The molecule has 1 fully saturated rings. The minimum absolute atomic E-state index is 0.00609. The van der Waals surface area contributed by atoms with Gasteiger partial charge in [0.15, 0.2) is 0 Å². The molecule has 2 unspecified atom stereocenters. The van der Waals surface area contributed by atoms with Crippen molar-refractivity contribution in [3.05, 3.63) is 23.8 Å². The third-order valence-corrected chi connectivity index (χ3v) is 6.08. The van der Waals surface area contributed by atoms with Crippen molar-refractivity contribution < 1.29 is 18.3 Å². The molecular formula is C15H23NO4S. The van der Waals surface area contributed by atoms with Crippen LogP contribution in [0.1, 0.15) is 32.3 Å². The van der Waals surface area contributed by atoms with Crippen LogP contribution in [0.3, 0.4) is 0 Å². The van der Waals surface area contributed by atoms with E-state index in [1.165, 1.54) is 13.2 Å². The highest BCUT2D eigenvalue weighted by Gasteiger charge is 2.35. The van der Waals surface area contributed by atoms with Gasteiger partial charge in [-0.25, -0.2) is 8.42 Å². The van der Waals surface area contributed by atoms with Gasteiger partial charge >= 0.3 is 0 Å². The van der Waals surface area contributed by atoms with Gasteiger partial charge in [-0.3, -0.25) is 0 Å². The minimum Gasteiger partial charge on any atom is -0.495 e. The maximum Gasteiger partial charge on any atom is 0.247 e. The van der Waals surface area contributed by atoms with E-state index in [1.54, 1.807) is 16.4 Å². The standard InChI is InChI=1S/C15H23NO4S/c1-11-4-5-12(2)16(9-11)21(18,19)15-7-6-13(10-17)8-14(15)20-3/h6-8,11-12,17H,4-5,9-10H2,1-3H3. The molecule has 1 saturated heterocycles. The Hall–Kier alpha value is -1.11. The van der Waals surface area contributed by atoms with E-state index in [-0.39, 0.29) is 23.3 Å². The molecule has 0 aromatic heterocycles. The topological polar surface area (TPSA) is 66.8 Å². The van der Waals surface area contributed by atoms with E-state index in [9.17, 15) is 8.42 Å². The predicted molar refractivity (Wildman–Crippen MR) is 80.7 cm³/mol. The Labute approximate surface area is 126 Å². The van der Waals surface area contributed by atoms with Crippen LogP contribution in [0.4, 0.5) is 0 Å². The van der Waals surface area contributed by atoms with E-state index in [1.807, 2.05) is 6.92 Å². The van der Waals surface area contributed by atoms with Crippen LogP contribution >= 0.6 is 0 Å². The van der Waals surface area contributed by atoms with Gasteiger partial charge in [-0.2, -0.15) is 4.31 Å². The van der Waals surface area contributed by atoms with E-state index >= 15 is 0 Å². The van der Waals surface area contributed by atoms with Crippen molar-refractivity contribution >= 4 is 10.0 Å². The molecule has 1 aliphatic heterocycles. The van der Waals surface area contributed by atoms with Crippen LogP contribution in [0.15, 0.2) is 23.1 Å². The summed E-state index contributed by atoms with van der Waals surface area (Å²) in [6, 6.07) is 4.71. The molecule has 0 saturated carbocycles. The number of benzene rings is 1. The molecule has 0 amide bonds. The maximum absolute atomic E-state index is 12.9.